The van der Waals surface area contributed by atoms with Crippen molar-refractivity contribution >= 4 is 0 Å². The second-order valence-corrected chi connectivity index (χ2v) is 2.46. The summed E-state index contributed by atoms with van der Waals surface area (Å²) < 4.78 is 4.86. The molecule has 1 aliphatic heterocycles. The first-order chi connectivity index (χ1) is 4.16. The summed E-state index contributed by atoms with van der Waals surface area (Å²) in [7, 11) is 0. The molecule has 0 aromatic rings. The fourth-order valence-corrected chi connectivity index (χ4v) is 0.304. The molecule has 0 aromatic heterocycles. The second-order valence-electron chi connectivity index (χ2n) is 2.46. The standard InChI is InChI=1S/C4H8O.C3H8O/c1-2-4-3-5-4;1-3(2)4/h4H,2-3H2,1H3;3-4H,1-2H3. The number of aliphatic hydroxyl groups excluding tert-OH is 1. The normalized spacial score (nSPS) is 23.0. The number of hydrogen-bond acceptors (Lipinski definition) is 2. The van der Waals surface area contributed by atoms with Crippen molar-refractivity contribution in [2.75, 3.05) is 6.61 Å². The summed E-state index contributed by atoms with van der Waals surface area (Å²) >= 11 is 0. The van der Waals surface area contributed by atoms with E-state index in [1.165, 1.54) is 6.42 Å². The minimum atomic E-state index is -0.167. The van der Waals surface area contributed by atoms with Crippen LogP contribution < -0.4 is 0 Å². The molecule has 0 amide bonds. The molecule has 1 N–H and O–H groups in total. The fourth-order valence-electron chi connectivity index (χ4n) is 0.304. The molecular formula is C7H16O2. The first kappa shape index (κ1) is 8.92. The average molecular weight is 132 g/mol. The minimum Gasteiger partial charge on any atom is -0.394 e. The van der Waals surface area contributed by atoms with Crippen LogP contribution in [0.5, 0.6) is 0 Å². The lowest BCUT2D eigenvalue weighted by molar-refractivity contribution is 0.216. The Morgan fingerprint density at radius 3 is 2.00 bits per heavy atom. The van der Waals surface area contributed by atoms with Gasteiger partial charge in [-0.1, -0.05) is 6.92 Å². The maximum absolute atomic E-state index is 8.06. The molecule has 2 heteroatoms. The Morgan fingerprint density at radius 1 is 1.67 bits per heavy atom. The van der Waals surface area contributed by atoms with Gasteiger partial charge in [-0.15, -0.1) is 0 Å². The fraction of sp³-hybridized carbons (Fsp3) is 1.00. The van der Waals surface area contributed by atoms with E-state index in [9.17, 15) is 0 Å². The van der Waals surface area contributed by atoms with Crippen molar-refractivity contribution in [1.82, 2.24) is 0 Å². The van der Waals surface area contributed by atoms with Gasteiger partial charge in [0, 0.05) is 6.10 Å². The van der Waals surface area contributed by atoms with Gasteiger partial charge >= 0.3 is 0 Å². The van der Waals surface area contributed by atoms with Gasteiger partial charge in [0.1, 0.15) is 0 Å². The van der Waals surface area contributed by atoms with Crippen LogP contribution in [-0.2, 0) is 4.74 Å². The zero-order valence-corrected chi connectivity index (χ0v) is 6.42. The van der Waals surface area contributed by atoms with Crippen molar-refractivity contribution in [3.63, 3.8) is 0 Å². The van der Waals surface area contributed by atoms with Crippen LogP contribution >= 0.6 is 0 Å². The van der Waals surface area contributed by atoms with E-state index in [1.807, 2.05) is 0 Å². The molecule has 1 atom stereocenters. The lowest BCUT2D eigenvalue weighted by Gasteiger charge is -1.80. The Hall–Kier alpha value is -0.0800. The predicted molar refractivity (Wildman–Crippen MR) is 37.4 cm³/mol. The van der Waals surface area contributed by atoms with Crippen LogP contribution in [0.4, 0.5) is 0 Å². The number of rotatable bonds is 1. The Kier molecular flexibility index (Phi) is 4.72. The molecule has 0 aliphatic carbocycles. The Labute approximate surface area is 56.8 Å². The molecule has 9 heavy (non-hydrogen) atoms. The molecule has 0 saturated carbocycles. The molecule has 1 rings (SSSR count). The van der Waals surface area contributed by atoms with Crippen LogP contribution in [0.3, 0.4) is 0 Å². The summed E-state index contributed by atoms with van der Waals surface area (Å²) in [6.07, 6.45) is 1.66. The Morgan fingerprint density at radius 2 is 2.00 bits per heavy atom. The summed E-state index contributed by atoms with van der Waals surface area (Å²) in [5.41, 5.74) is 0. The van der Waals surface area contributed by atoms with E-state index in [0.29, 0.717) is 6.10 Å². The van der Waals surface area contributed by atoms with Gasteiger partial charge in [0.25, 0.3) is 0 Å². The van der Waals surface area contributed by atoms with Gasteiger partial charge in [-0.2, -0.15) is 0 Å². The molecular weight excluding hydrogens is 116 g/mol. The van der Waals surface area contributed by atoms with E-state index < -0.39 is 0 Å². The van der Waals surface area contributed by atoms with E-state index in [2.05, 4.69) is 6.92 Å². The van der Waals surface area contributed by atoms with Crippen molar-refractivity contribution < 1.29 is 9.84 Å². The first-order valence-electron chi connectivity index (χ1n) is 3.46. The second kappa shape index (κ2) is 4.77. The predicted octanol–water partition coefficient (Wildman–Crippen LogP) is 1.18. The Bertz CT molecular complexity index is 55.2. The smallest absolute Gasteiger partial charge is 0.0807 e. The van der Waals surface area contributed by atoms with E-state index in [0.717, 1.165) is 6.61 Å². The topological polar surface area (TPSA) is 32.8 Å². The van der Waals surface area contributed by atoms with E-state index >= 15 is 0 Å². The maximum atomic E-state index is 8.06. The summed E-state index contributed by atoms with van der Waals surface area (Å²) in [4.78, 5) is 0. The van der Waals surface area contributed by atoms with Gasteiger partial charge in [-0.25, -0.2) is 0 Å². The van der Waals surface area contributed by atoms with Gasteiger partial charge in [-0.3, -0.25) is 0 Å². The van der Waals surface area contributed by atoms with Gasteiger partial charge < -0.3 is 9.84 Å². The molecule has 1 aliphatic rings. The lowest BCUT2D eigenvalue weighted by atomic mass is 10.4. The largest absolute Gasteiger partial charge is 0.394 e. The van der Waals surface area contributed by atoms with Crippen molar-refractivity contribution in [1.29, 1.82) is 0 Å². The molecule has 1 saturated heterocycles. The van der Waals surface area contributed by atoms with Crippen molar-refractivity contribution in [3.05, 3.63) is 0 Å². The zero-order valence-electron chi connectivity index (χ0n) is 6.42. The van der Waals surface area contributed by atoms with Crippen molar-refractivity contribution in [2.45, 2.75) is 39.4 Å². The van der Waals surface area contributed by atoms with Crippen LogP contribution in [0, 0.1) is 0 Å². The highest BCUT2D eigenvalue weighted by molar-refractivity contribution is 4.64. The summed E-state index contributed by atoms with van der Waals surface area (Å²) in [6.45, 7) is 6.59. The minimum absolute atomic E-state index is 0.167. The molecule has 0 radical (unpaired) electrons. The molecule has 2 nitrogen and oxygen atoms in total. The molecule has 0 spiro atoms. The summed E-state index contributed by atoms with van der Waals surface area (Å²) in [5, 5.41) is 8.06. The van der Waals surface area contributed by atoms with Gasteiger partial charge in [0.05, 0.1) is 12.7 Å². The molecule has 0 bridgehead atoms. The zero-order chi connectivity index (χ0) is 7.28. The third kappa shape index (κ3) is 11.5. The molecule has 1 unspecified atom stereocenters. The summed E-state index contributed by atoms with van der Waals surface area (Å²) in [5.74, 6) is 0. The highest BCUT2D eigenvalue weighted by atomic mass is 16.6. The monoisotopic (exact) mass is 132 g/mol. The van der Waals surface area contributed by atoms with Crippen molar-refractivity contribution in [3.8, 4) is 0 Å². The van der Waals surface area contributed by atoms with Gasteiger partial charge in [-0.05, 0) is 20.3 Å². The van der Waals surface area contributed by atoms with Crippen LogP contribution in [0.25, 0.3) is 0 Å². The SMILES string of the molecule is CC(C)O.CCC1CO1. The number of ether oxygens (including phenoxy) is 1. The molecule has 1 heterocycles. The first-order valence-corrected chi connectivity index (χ1v) is 3.46. The number of epoxide rings is 1. The Balaban J connectivity index is 0.000000148. The molecule has 0 aromatic carbocycles. The van der Waals surface area contributed by atoms with Gasteiger partial charge in [0.2, 0.25) is 0 Å². The quantitative estimate of drug-likeness (QED) is 0.543. The van der Waals surface area contributed by atoms with E-state index in [1.54, 1.807) is 13.8 Å². The highest BCUT2D eigenvalue weighted by Gasteiger charge is 2.18. The average Bonchev–Trinajstić information content (AvgIpc) is 2.43. The van der Waals surface area contributed by atoms with Gasteiger partial charge in [0.15, 0.2) is 0 Å². The van der Waals surface area contributed by atoms with Crippen molar-refractivity contribution in [2.24, 2.45) is 0 Å². The number of aliphatic hydroxyl groups is 1. The van der Waals surface area contributed by atoms with Crippen LogP contribution in [0.15, 0.2) is 0 Å². The number of hydrogen-bond donors (Lipinski definition) is 1. The van der Waals surface area contributed by atoms with Crippen LogP contribution in [0.2, 0.25) is 0 Å². The van der Waals surface area contributed by atoms with Crippen LogP contribution in [-0.4, -0.2) is 23.9 Å². The van der Waals surface area contributed by atoms with Crippen LogP contribution in [0.1, 0.15) is 27.2 Å². The lowest BCUT2D eigenvalue weighted by Crippen LogP contribution is -1.85. The summed E-state index contributed by atoms with van der Waals surface area (Å²) in [6, 6.07) is 0. The highest BCUT2D eigenvalue weighted by Crippen LogP contribution is 2.10. The van der Waals surface area contributed by atoms with E-state index in [4.69, 9.17) is 9.84 Å². The third-order valence-electron chi connectivity index (χ3n) is 0.858. The van der Waals surface area contributed by atoms with E-state index in [-0.39, 0.29) is 6.10 Å². The maximum Gasteiger partial charge on any atom is 0.0807 e. The third-order valence-corrected chi connectivity index (χ3v) is 0.858. The molecule has 1 fully saturated rings. The molecule has 56 valence electrons.